The minimum Gasteiger partial charge on any atom is -0.444 e. The van der Waals surface area contributed by atoms with Crippen LogP contribution in [0.25, 0.3) is 0 Å². The highest BCUT2D eigenvalue weighted by atomic mass is 32.2. The molecule has 1 saturated heterocycles. The highest BCUT2D eigenvalue weighted by molar-refractivity contribution is 7.88. The van der Waals surface area contributed by atoms with Crippen molar-refractivity contribution in [3.63, 3.8) is 0 Å². The highest BCUT2D eigenvalue weighted by Crippen LogP contribution is 2.17. The minimum atomic E-state index is -3.17. The van der Waals surface area contributed by atoms with E-state index in [0.717, 1.165) is 6.26 Å². The average molecular weight is 365 g/mol. The lowest BCUT2D eigenvalue weighted by Gasteiger charge is -2.37. The summed E-state index contributed by atoms with van der Waals surface area (Å²) in [5, 5.41) is 3.25. The molecule has 0 bridgehead atoms. The zero-order valence-corrected chi connectivity index (χ0v) is 16.1. The summed E-state index contributed by atoms with van der Waals surface area (Å²) >= 11 is 0. The second kappa shape index (κ2) is 8.98. The molecule has 0 spiro atoms. The lowest BCUT2D eigenvalue weighted by Crippen LogP contribution is -2.52. The van der Waals surface area contributed by atoms with E-state index in [4.69, 9.17) is 9.47 Å². The van der Waals surface area contributed by atoms with E-state index in [1.807, 2.05) is 27.7 Å². The Morgan fingerprint density at radius 2 is 2.04 bits per heavy atom. The van der Waals surface area contributed by atoms with Gasteiger partial charge in [0.2, 0.25) is 10.0 Å². The molecule has 1 fully saturated rings. The molecule has 2 atom stereocenters. The van der Waals surface area contributed by atoms with Crippen LogP contribution in [0.2, 0.25) is 0 Å². The number of nitrogens with zero attached hydrogens (tertiary/aromatic N) is 1. The second-order valence-electron chi connectivity index (χ2n) is 7.16. The maximum absolute atomic E-state index is 12.3. The van der Waals surface area contributed by atoms with E-state index in [0.29, 0.717) is 39.3 Å². The summed E-state index contributed by atoms with van der Waals surface area (Å²) in [6, 6.07) is 0.0574. The number of rotatable bonds is 7. The molecule has 9 heteroatoms. The largest absolute Gasteiger partial charge is 0.444 e. The Morgan fingerprint density at radius 1 is 1.38 bits per heavy atom. The molecule has 1 rings (SSSR count). The van der Waals surface area contributed by atoms with E-state index >= 15 is 0 Å². The van der Waals surface area contributed by atoms with Gasteiger partial charge in [-0.3, -0.25) is 0 Å². The maximum Gasteiger partial charge on any atom is 0.410 e. The van der Waals surface area contributed by atoms with Gasteiger partial charge in [0, 0.05) is 25.7 Å². The van der Waals surface area contributed by atoms with Crippen LogP contribution in [-0.4, -0.2) is 76.2 Å². The normalized spacial score (nSPS) is 20.7. The van der Waals surface area contributed by atoms with Gasteiger partial charge in [0.25, 0.3) is 0 Å². The number of nitrogens with one attached hydrogen (secondary N) is 2. The first-order valence-corrected chi connectivity index (χ1v) is 10.1. The Balaban J connectivity index is 2.45. The Bertz CT molecular complexity index is 504. The molecule has 1 heterocycles. The lowest BCUT2D eigenvalue weighted by atomic mass is 10.1. The van der Waals surface area contributed by atoms with Crippen molar-refractivity contribution in [3.05, 3.63) is 0 Å². The number of carbonyl (C=O) groups excluding carboxylic acids is 1. The van der Waals surface area contributed by atoms with Crippen LogP contribution in [0.15, 0.2) is 0 Å². The number of hydrogen-bond acceptors (Lipinski definition) is 6. The molecule has 142 valence electrons. The fraction of sp³-hybridized carbons (Fsp3) is 0.933. The summed E-state index contributed by atoms with van der Waals surface area (Å²) in [5.74, 6) is 0. The van der Waals surface area contributed by atoms with Gasteiger partial charge in [0.15, 0.2) is 0 Å². The zero-order chi connectivity index (χ0) is 18.4. The molecule has 1 amide bonds. The van der Waals surface area contributed by atoms with E-state index in [2.05, 4.69) is 10.0 Å². The van der Waals surface area contributed by atoms with E-state index in [9.17, 15) is 13.2 Å². The van der Waals surface area contributed by atoms with Crippen molar-refractivity contribution in [1.82, 2.24) is 14.9 Å². The van der Waals surface area contributed by atoms with Gasteiger partial charge in [-0.25, -0.2) is 17.9 Å². The summed E-state index contributed by atoms with van der Waals surface area (Å²) in [6.45, 7) is 9.90. The van der Waals surface area contributed by atoms with Gasteiger partial charge >= 0.3 is 6.09 Å². The number of hydrogen-bond donors (Lipinski definition) is 2. The number of sulfonamides is 1. The van der Waals surface area contributed by atoms with Gasteiger partial charge < -0.3 is 19.7 Å². The monoisotopic (exact) mass is 365 g/mol. The molecule has 24 heavy (non-hydrogen) atoms. The van der Waals surface area contributed by atoms with Crippen molar-refractivity contribution < 1.29 is 22.7 Å². The number of carbonyl (C=O) groups is 1. The summed E-state index contributed by atoms with van der Waals surface area (Å²) in [7, 11) is -3.17. The molecule has 2 unspecified atom stereocenters. The Hall–Kier alpha value is -0.900. The van der Waals surface area contributed by atoms with E-state index < -0.39 is 15.6 Å². The minimum absolute atomic E-state index is 0.0565. The Labute approximate surface area is 145 Å². The van der Waals surface area contributed by atoms with Crippen molar-refractivity contribution in [2.24, 2.45) is 0 Å². The first-order valence-electron chi connectivity index (χ1n) is 8.23. The van der Waals surface area contributed by atoms with Crippen LogP contribution in [0, 0.1) is 0 Å². The van der Waals surface area contributed by atoms with Crippen molar-refractivity contribution in [1.29, 1.82) is 0 Å². The third-order valence-electron chi connectivity index (χ3n) is 3.46. The van der Waals surface area contributed by atoms with Gasteiger partial charge in [-0.15, -0.1) is 0 Å². The maximum atomic E-state index is 12.3. The van der Waals surface area contributed by atoms with Crippen molar-refractivity contribution in [3.8, 4) is 0 Å². The van der Waals surface area contributed by atoms with Crippen LogP contribution >= 0.6 is 0 Å². The van der Waals surface area contributed by atoms with Crippen molar-refractivity contribution in [2.45, 2.75) is 51.8 Å². The molecule has 1 aliphatic heterocycles. The van der Waals surface area contributed by atoms with E-state index in [-0.39, 0.29) is 18.2 Å². The molecule has 2 N–H and O–H groups in total. The van der Waals surface area contributed by atoms with Crippen LogP contribution in [0.3, 0.4) is 0 Å². The lowest BCUT2D eigenvalue weighted by molar-refractivity contribution is -0.0355. The molecule has 0 aromatic heterocycles. The van der Waals surface area contributed by atoms with Crippen LogP contribution in [0.5, 0.6) is 0 Å². The number of amides is 1. The van der Waals surface area contributed by atoms with E-state index in [1.54, 1.807) is 4.90 Å². The average Bonchev–Trinajstić information content (AvgIpc) is 2.41. The predicted octanol–water partition coefficient (Wildman–Crippen LogP) is 0.540. The molecular weight excluding hydrogens is 334 g/mol. The molecule has 1 aliphatic rings. The van der Waals surface area contributed by atoms with Crippen LogP contribution in [0.1, 0.15) is 34.1 Å². The third-order valence-corrected chi connectivity index (χ3v) is 4.19. The predicted molar refractivity (Wildman–Crippen MR) is 92.5 cm³/mol. The SMILES string of the molecule is CC(CC1COCCN1C(=O)OC(C)(C)C)NCCNS(C)(=O)=O. The topological polar surface area (TPSA) is 97.0 Å². The van der Waals surface area contributed by atoms with Gasteiger partial charge in [0.1, 0.15) is 5.60 Å². The molecule has 0 radical (unpaired) electrons. The summed E-state index contributed by atoms with van der Waals surface area (Å²) < 4.78 is 35.4. The fourth-order valence-electron chi connectivity index (χ4n) is 2.46. The zero-order valence-electron chi connectivity index (χ0n) is 15.3. The molecule has 0 aromatic rings. The molecule has 0 saturated carbocycles. The standard InChI is InChI=1S/C15H31N3O5S/c1-12(16-6-7-17-24(5,20)21)10-13-11-22-9-8-18(13)14(19)23-15(2,3)4/h12-13,16-17H,6-11H2,1-5H3. The van der Waals surface area contributed by atoms with Gasteiger partial charge in [0.05, 0.1) is 25.5 Å². The van der Waals surface area contributed by atoms with Gasteiger partial charge in [-0.05, 0) is 34.1 Å². The number of ether oxygens (including phenoxy) is 2. The smallest absolute Gasteiger partial charge is 0.410 e. The highest BCUT2D eigenvalue weighted by Gasteiger charge is 2.31. The summed E-state index contributed by atoms with van der Waals surface area (Å²) in [6.07, 6.45) is 1.52. The van der Waals surface area contributed by atoms with Crippen LogP contribution in [0.4, 0.5) is 4.79 Å². The first kappa shape index (κ1) is 21.1. The van der Waals surface area contributed by atoms with Crippen LogP contribution in [-0.2, 0) is 19.5 Å². The quantitative estimate of drug-likeness (QED) is 0.639. The van der Waals surface area contributed by atoms with Gasteiger partial charge in [-0.1, -0.05) is 0 Å². The summed E-state index contributed by atoms with van der Waals surface area (Å²) in [5.41, 5.74) is -0.527. The molecule has 0 aromatic carbocycles. The van der Waals surface area contributed by atoms with Crippen molar-refractivity contribution in [2.75, 3.05) is 39.1 Å². The fourth-order valence-corrected chi connectivity index (χ4v) is 2.93. The third kappa shape index (κ3) is 8.81. The molecule has 8 nitrogen and oxygen atoms in total. The molecular formula is C15H31N3O5S. The number of morpholine rings is 1. The first-order chi connectivity index (χ1) is 11.0. The Kier molecular flexibility index (Phi) is 7.91. The molecule has 0 aliphatic carbocycles. The van der Waals surface area contributed by atoms with Gasteiger partial charge in [-0.2, -0.15) is 0 Å². The summed E-state index contributed by atoms with van der Waals surface area (Å²) in [4.78, 5) is 14.1. The van der Waals surface area contributed by atoms with Crippen molar-refractivity contribution >= 4 is 16.1 Å². The Morgan fingerprint density at radius 3 is 2.62 bits per heavy atom. The van der Waals surface area contributed by atoms with Crippen LogP contribution < -0.4 is 10.0 Å². The van der Waals surface area contributed by atoms with E-state index in [1.165, 1.54) is 0 Å². The second-order valence-corrected chi connectivity index (χ2v) is 8.99.